The number of fused-ring (bicyclic) bond motifs is 1. The molecule has 0 atom stereocenters. The standard InChI is InChI=1S/C19H17F3N4O3S/c1-3-6-30(28,29)26-14-8-11(20)17(21)16(18(14)22)19(27)10-4-5-12-13(7-10)25-15(23-2)9-24-12/h4-5,7-9,26H,3,6H2,1-2H3,(H,23,25). The van der Waals surface area contributed by atoms with E-state index in [1.165, 1.54) is 24.4 Å². The summed E-state index contributed by atoms with van der Waals surface area (Å²) >= 11 is 0. The summed E-state index contributed by atoms with van der Waals surface area (Å²) in [6.07, 6.45) is 1.68. The molecule has 1 heterocycles. The molecule has 0 amide bonds. The van der Waals surface area contributed by atoms with Crippen molar-refractivity contribution in [3.63, 3.8) is 0 Å². The predicted octanol–water partition coefficient (Wildman–Crippen LogP) is 3.47. The lowest BCUT2D eigenvalue weighted by atomic mass is 10.0. The second-order valence-corrected chi connectivity index (χ2v) is 8.21. The fourth-order valence-corrected chi connectivity index (χ4v) is 3.91. The summed E-state index contributed by atoms with van der Waals surface area (Å²) < 4.78 is 68.9. The van der Waals surface area contributed by atoms with Crippen molar-refractivity contribution in [1.82, 2.24) is 9.97 Å². The number of hydrogen-bond acceptors (Lipinski definition) is 6. The molecule has 0 saturated heterocycles. The Balaban J connectivity index is 2.10. The fraction of sp³-hybridized carbons (Fsp3) is 0.211. The highest BCUT2D eigenvalue weighted by Crippen LogP contribution is 2.28. The lowest BCUT2D eigenvalue weighted by molar-refractivity contribution is 0.103. The fourth-order valence-electron chi connectivity index (χ4n) is 2.78. The Bertz CT molecular complexity index is 1250. The number of sulfonamides is 1. The van der Waals surface area contributed by atoms with Crippen LogP contribution in [0.15, 0.2) is 30.5 Å². The van der Waals surface area contributed by atoms with Crippen LogP contribution in [-0.2, 0) is 10.0 Å². The minimum Gasteiger partial charge on any atom is -0.372 e. The summed E-state index contributed by atoms with van der Waals surface area (Å²) in [5, 5.41) is 2.77. The lowest BCUT2D eigenvalue weighted by Crippen LogP contribution is -2.19. The van der Waals surface area contributed by atoms with Crippen molar-refractivity contribution >= 4 is 38.3 Å². The first-order valence-corrected chi connectivity index (χ1v) is 10.5. The Morgan fingerprint density at radius 3 is 2.50 bits per heavy atom. The molecule has 0 radical (unpaired) electrons. The van der Waals surface area contributed by atoms with Crippen LogP contribution in [0.1, 0.15) is 29.3 Å². The van der Waals surface area contributed by atoms with Gasteiger partial charge in [-0.1, -0.05) is 6.92 Å². The highest BCUT2D eigenvalue weighted by Gasteiger charge is 2.27. The van der Waals surface area contributed by atoms with Gasteiger partial charge in [0.1, 0.15) is 5.82 Å². The van der Waals surface area contributed by atoms with Crippen LogP contribution >= 0.6 is 0 Å². The summed E-state index contributed by atoms with van der Waals surface area (Å²) in [6.45, 7) is 1.58. The molecule has 0 aliphatic heterocycles. The van der Waals surface area contributed by atoms with Gasteiger partial charge in [-0.05, 0) is 24.6 Å². The average Bonchev–Trinajstić information content (AvgIpc) is 2.70. The van der Waals surface area contributed by atoms with Crippen LogP contribution in [0, 0.1) is 17.5 Å². The maximum absolute atomic E-state index is 14.9. The zero-order valence-electron chi connectivity index (χ0n) is 16.0. The van der Waals surface area contributed by atoms with Crippen LogP contribution in [0.25, 0.3) is 11.0 Å². The van der Waals surface area contributed by atoms with E-state index < -0.39 is 44.5 Å². The maximum Gasteiger partial charge on any atom is 0.232 e. The molecule has 0 bridgehead atoms. The van der Waals surface area contributed by atoms with Gasteiger partial charge in [-0.2, -0.15) is 0 Å². The zero-order valence-corrected chi connectivity index (χ0v) is 16.8. The quantitative estimate of drug-likeness (QED) is 0.433. The van der Waals surface area contributed by atoms with E-state index in [1.54, 1.807) is 14.0 Å². The molecule has 158 valence electrons. The van der Waals surface area contributed by atoms with E-state index in [1.807, 2.05) is 4.72 Å². The summed E-state index contributed by atoms with van der Waals surface area (Å²) in [4.78, 5) is 21.1. The third kappa shape index (κ3) is 4.20. The van der Waals surface area contributed by atoms with Crippen LogP contribution in [0.2, 0.25) is 0 Å². The van der Waals surface area contributed by atoms with Gasteiger partial charge in [-0.3, -0.25) is 14.5 Å². The van der Waals surface area contributed by atoms with Crippen LogP contribution in [-0.4, -0.2) is 37.0 Å². The molecule has 11 heteroatoms. The van der Waals surface area contributed by atoms with Gasteiger partial charge >= 0.3 is 0 Å². The van der Waals surface area contributed by atoms with Gasteiger partial charge in [0.05, 0.1) is 34.2 Å². The van der Waals surface area contributed by atoms with Gasteiger partial charge < -0.3 is 5.32 Å². The Morgan fingerprint density at radius 2 is 1.83 bits per heavy atom. The first-order valence-electron chi connectivity index (χ1n) is 8.84. The van der Waals surface area contributed by atoms with Crippen molar-refractivity contribution in [2.24, 2.45) is 0 Å². The van der Waals surface area contributed by atoms with Crippen molar-refractivity contribution in [2.75, 3.05) is 22.8 Å². The van der Waals surface area contributed by atoms with E-state index >= 15 is 0 Å². The first kappa shape index (κ1) is 21.5. The average molecular weight is 438 g/mol. The molecule has 0 saturated carbocycles. The molecule has 3 rings (SSSR count). The number of halogens is 3. The van der Waals surface area contributed by atoms with Crippen LogP contribution < -0.4 is 10.0 Å². The number of hydrogen-bond donors (Lipinski definition) is 2. The van der Waals surface area contributed by atoms with Gasteiger partial charge in [0, 0.05) is 18.7 Å². The Hall–Kier alpha value is -3.21. The number of rotatable bonds is 7. The van der Waals surface area contributed by atoms with E-state index in [0.29, 0.717) is 17.4 Å². The molecular weight excluding hydrogens is 421 g/mol. The van der Waals surface area contributed by atoms with E-state index in [9.17, 15) is 26.4 Å². The molecule has 3 aromatic rings. The SMILES string of the molecule is CCCS(=O)(=O)Nc1cc(F)c(F)c(C(=O)c2ccc3ncc(NC)nc3c2)c1F. The monoisotopic (exact) mass is 438 g/mol. The molecule has 0 aliphatic carbocycles. The zero-order chi connectivity index (χ0) is 22.1. The number of nitrogens with one attached hydrogen (secondary N) is 2. The number of aromatic nitrogens is 2. The molecule has 30 heavy (non-hydrogen) atoms. The molecular formula is C19H17F3N4O3S. The second kappa shape index (κ2) is 8.27. The topological polar surface area (TPSA) is 101 Å². The summed E-state index contributed by atoms with van der Waals surface area (Å²) in [7, 11) is -2.38. The van der Waals surface area contributed by atoms with E-state index in [0.717, 1.165) is 0 Å². The number of benzene rings is 2. The molecule has 0 spiro atoms. The van der Waals surface area contributed by atoms with Gasteiger partial charge in [-0.25, -0.2) is 26.6 Å². The minimum absolute atomic E-state index is 0.171. The summed E-state index contributed by atoms with van der Waals surface area (Å²) in [5.74, 6) is -5.90. The predicted molar refractivity (Wildman–Crippen MR) is 107 cm³/mol. The Labute approximate surface area is 170 Å². The van der Waals surface area contributed by atoms with E-state index in [4.69, 9.17) is 0 Å². The molecule has 2 N–H and O–H groups in total. The minimum atomic E-state index is -4.00. The maximum atomic E-state index is 14.9. The summed E-state index contributed by atoms with van der Waals surface area (Å²) in [6, 6.07) is 4.31. The number of ketones is 1. The highest BCUT2D eigenvalue weighted by atomic mass is 32.2. The van der Waals surface area contributed by atoms with Gasteiger partial charge in [0.2, 0.25) is 10.0 Å². The van der Waals surface area contributed by atoms with Gasteiger partial charge in [-0.15, -0.1) is 0 Å². The highest BCUT2D eigenvalue weighted by molar-refractivity contribution is 7.92. The number of carbonyl (C=O) groups excluding carboxylic acids is 1. The van der Waals surface area contributed by atoms with Crippen molar-refractivity contribution in [3.05, 3.63) is 59.0 Å². The largest absolute Gasteiger partial charge is 0.372 e. The smallest absolute Gasteiger partial charge is 0.232 e. The van der Waals surface area contributed by atoms with Crippen molar-refractivity contribution < 1.29 is 26.4 Å². The van der Waals surface area contributed by atoms with Gasteiger partial charge in [0.25, 0.3) is 0 Å². The number of carbonyl (C=O) groups is 1. The van der Waals surface area contributed by atoms with E-state index in [-0.39, 0.29) is 23.3 Å². The van der Waals surface area contributed by atoms with Crippen molar-refractivity contribution in [1.29, 1.82) is 0 Å². The van der Waals surface area contributed by atoms with Crippen molar-refractivity contribution in [2.45, 2.75) is 13.3 Å². The third-order valence-electron chi connectivity index (χ3n) is 4.18. The molecule has 2 aromatic carbocycles. The molecule has 0 aliphatic rings. The van der Waals surface area contributed by atoms with Crippen LogP contribution in [0.3, 0.4) is 0 Å². The Kier molecular flexibility index (Phi) is 5.92. The van der Waals surface area contributed by atoms with E-state index in [2.05, 4.69) is 15.3 Å². The normalized spacial score (nSPS) is 11.5. The lowest BCUT2D eigenvalue weighted by Gasteiger charge is -2.12. The van der Waals surface area contributed by atoms with Crippen LogP contribution in [0.4, 0.5) is 24.7 Å². The molecule has 0 unspecified atom stereocenters. The van der Waals surface area contributed by atoms with Crippen molar-refractivity contribution in [3.8, 4) is 0 Å². The molecule has 0 fully saturated rings. The molecule has 7 nitrogen and oxygen atoms in total. The van der Waals surface area contributed by atoms with Gasteiger partial charge in [0.15, 0.2) is 23.2 Å². The Morgan fingerprint density at radius 1 is 1.10 bits per heavy atom. The molecule has 1 aromatic heterocycles. The second-order valence-electron chi connectivity index (χ2n) is 6.37. The number of nitrogens with zero attached hydrogens (tertiary/aromatic N) is 2. The first-order chi connectivity index (χ1) is 14.2. The number of anilines is 2. The van der Waals surface area contributed by atoms with Crippen LogP contribution in [0.5, 0.6) is 0 Å². The summed E-state index contributed by atoms with van der Waals surface area (Å²) in [5.41, 5.74) is -1.52. The third-order valence-corrected chi connectivity index (χ3v) is 5.66.